The van der Waals surface area contributed by atoms with Gasteiger partial charge in [0.15, 0.2) is 11.5 Å². The number of phenols is 2. The molecule has 7 nitrogen and oxygen atoms in total. The van der Waals surface area contributed by atoms with E-state index in [1.165, 1.54) is 12.3 Å². The van der Waals surface area contributed by atoms with Gasteiger partial charge in [-0.05, 0) is 24.5 Å². The number of unbranched alkanes of at least 4 members (excludes halogenated alkanes) is 1. The van der Waals surface area contributed by atoms with E-state index in [2.05, 4.69) is 6.58 Å². The van der Waals surface area contributed by atoms with Gasteiger partial charge in [-0.1, -0.05) is 6.58 Å². The predicted octanol–water partition coefficient (Wildman–Crippen LogP) is 2.23. The van der Waals surface area contributed by atoms with Crippen LogP contribution in [0.2, 0.25) is 0 Å². The normalized spacial score (nSPS) is 10.5. The van der Waals surface area contributed by atoms with Gasteiger partial charge in [0.25, 0.3) is 0 Å². The zero-order valence-electron chi connectivity index (χ0n) is 13.0. The minimum Gasteiger partial charge on any atom is -0.504 e. The number of fused-ring (bicyclic) bond motifs is 1. The van der Waals surface area contributed by atoms with Gasteiger partial charge in [-0.3, -0.25) is 4.79 Å². The van der Waals surface area contributed by atoms with Gasteiger partial charge in [-0.2, -0.15) is 0 Å². The van der Waals surface area contributed by atoms with E-state index in [4.69, 9.17) is 13.9 Å². The Hall–Kier alpha value is -2.96. The summed E-state index contributed by atoms with van der Waals surface area (Å²) < 4.78 is 15.0. The lowest BCUT2D eigenvalue weighted by Gasteiger charge is -2.08. The number of benzene rings is 1. The van der Waals surface area contributed by atoms with Crippen molar-refractivity contribution in [1.29, 1.82) is 0 Å². The van der Waals surface area contributed by atoms with Crippen LogP contribution in [0.3, 0.4) is 0 Å². The van der Waals surface area contributed by atoms with E-state index in [-0.39, 0.29) is 24.4 Å². The predicted molar refractivity (Wildman–Crippen MR) is 85.9 cm³/mol. The van der Waals surface area contributed by atoms with Gasteiger partial charge < -0.3 is 24.1 Å². The summed E-state index contributed by atoms with van der Waals surface area (Å²) in [5, 5.41) is 19.4. The minimum absolute atomic E-state index is 0.0853. The Bertz CT molecular complexity index is 791. The molecule has 1 heterocycles. The van der Waals surface area contributed by atoms with Crippen molar-refractivity contribution in [3.63, 3.8) is 0 Å². The molecule has 1 aromatic carbocycles. The lowest BCUT2D eigenvalue weighted by Crippen LogP contribution is -2.11. The number of hydrogen-bond donors (Lipinski definition) is 2. The quantitative estimate of drug-likeness (QED) is 0.251. The molecule has 2 N–H and O–H groups in total. The highest BCUT2D eigenvalue weighted by molar-refractivity contribution is 5.87. The first kappa shape index (κ1) is 17.4. The molecule has 128 valence electrons. The fourth-order valence-corrected chi connectivity index (χ4v) is 2.16. The van der Waals surface area contributed by atoms with E-state index in [1.54, 1.807) is 0 Å². The van der Waals surface area contributed by atoms with Crippen molar-refractivity contribution in [2.24, 2.45) is 0 Å². The van der Waals surface area contributed by atoms with Gasteiger partial charge in [-0.15, -0.1) is 0 Å². The number of carbonyl (C=O) groups is 1. The summed E-state index contributed by atoms with van der Waals surface area (Å²) in [5.74, 6) is -1.28. The SMILES string of the molecule is C=COCCCCOC(=O)Cc1cc(=O)oc2cc(O)c(O)cc12. The highest BCUT2D eigenvalue weighted by atomic mass is 16.5. The van der Waals surface area contributed by atoms with Crippen LogP contribution in [0.25, 0.3) is 11.0 Å². The summed E-state index contributed by atoms with van der Waals surface area (Å²) in [4.78, 5) is 23.5. The van der Waals surface area contributed by atoms with E-state index in [9.17, 15) is 19.8 Å². The van der Waals surface area contributed by atoms with Gasteiger partial charge in [0, 0.05) is 17.5 Å². The van der Waals surface area contributed by atoms with E-state index in [1.807, 2.05) is 0 Å². The number of aromatic hydroxyl groups is 2. The molecule has 0 unspecified atom stereocenters. The van der Waals surface area contributed by atoms with Crippen molar-refractivity contribution < 1.29 is 28.9 Å². The highest BCUT2D eigenvalue weighted by Gasteiger charge is 2.13. The topological polar surface area (TPSA) is 106 Å². The Kier molecular flexibility index (Phi) is 5.83. The Morgan fingerprint density at radius 1 is 1.17 bits per heavy atom. The second kappa shape index (κ2) is 8.05. The zero-order valence-corrected chi connectivity index (χ0v) is 13.0. The molecule has 0 aliphatic carbocycles. The molecule has 24 heavy (non-hydrogen) atoms. The van der Waals surface area contributed by atoms with Crippen LogP contribution in [0.1, 0.15) is 18.4 Å². The second-order valence-corrected chi connectivity index (χ2v) is 5.07. The molecule has 0 saturated carbocycles. The molecule has 7 heteroatoms. The average molecular weight is 334 g/mol. The van der Waals surface area contributed by atoms with Crippen LogP contribution in [0.5, 0.6) is 11.5 Å². The maximum absolute atomic E-state index is 11.9. The Morgan fingerprint density at radius 3 is 2.62 bits per heavy atom. The fraction of sp³-hybridized carbons (Fsp3) is 0.294. The first-order valence-electron chi connectivity index (χ1n) is 7.38. The molecule has 0 amide bonds. The van der Waals surface area contributed by atoms with Crippen molar-refractivity contribution in [3.8, 4) is 11.5 Å². The average Bonchev–Trinajstić information content (AvgIpc) is 2.52. The van der Waals surface area contributed by atoms with Gasteiger partial charge in [0.1, 0.15) is 5.58 Å². The molecule has 0 fully saturated rings. The maximum Gasteiger partial charge on any atom is 0.336 e. The summed E-state index contributed by atoms with van der Waals surface area (Å²) in [6, 6.07) is 3.53. The maximum atomic E-state index is 11.9. The third-order valence-corrected chi connectivity index (χ3v) is 3.30. The molecule has 2 aromatic rings. The molecule has 0 radical (unpaired) electrons. The molecule has 2 rings (SSSR count). The van der Waals surface area contributed by atoms with Crippen LogP contribution in [0, 0.1) is 0 Å². The Balaban J connectivity index is 2.03. The fourth-order valence-electron chi connectivity index (χ4n) is 2.16. The minimum atomic E-state index is -0.656. The van der Waals surface area contributed by atoms with Crippen LogP contribution in [-0.2, 0) is 20.7 Å². The summed E-state index contributed by atoms with van der Waals surface area (Å²) in [6.45, 7) is 4.17. The number of esters is 1. The standard InChI is InChI=1S/C17H18O7/c1-2-22-5-3-4-6-23-16(20)7-11-8-17(21)24-15-10-14(19)13(18)9-12(11)15/h2,8-10,18-19H,1,3-7H2. The summed E-state index contributed by atoms with van der Waals surface area (Å²) in [6.07, 6.45) is 2.58. The first-order valence-corrected chi connectivity index (χ1v) is 7.38. The largest absolute Gasteiger partial charge is 0.504 e. The van der Waals surface area contributed by atoms with Crippen molar-refractivity contribution in [2.75, 3.05) is 13.2 Å². The number of phenolic OH excluding ortho intramolecular Hbond substituents is 2. The smallest absolute Gasteiger partial charge is 0.336 e. The lowest BCUT2D eigenvalue weighted by molar-refractivity contribution is -0.142. The molecule has 0 spiro atoms. The van der Waals surface area contributed by atoms with Crippen LogP contribution in [-0.4, -0.2) is 29.4 Å². The Morgan fingerprint density at radius 2 is 1.88 bits per heavy atom. The zero-order chi connectivity index (χ0) is 17.5. The molecular weight excluding hydrogens is 316 g/mol. The first-order chi connectivity index (χ1) is 11.5. The van der Waals surface area contributed by atoms with Crippen LogP contribution in [0.4, 0.5) is 0 Å². The highest BCUT2D eigenvalue weighted by Crippen LogP contribution is 2.31. The third kappa shape index (κ3) is 4.52. The second-order valence-electron chi connectivity index (χ2n) is 5.07. The third-order valence-electron chi connectivity index (χ3n) is 3.30. The molecule has 0 saturated heterocycles. The lowest BCUT2D eigenvalue weighted by atomic mass is 10.1. The van der Waals surface area contributed by atoms with Crippen molar-refractivity contribution >= 4 is 16.9 Å². The summed E-state index contributed by atoms with van der Waals surface area (Å²) >= 11 is 0. The van der Waals surface area contributed by atoms with E-state index >= 15 is 0 Å². The van der Waals surface area contributed by atoms with Crippen molar-refractivity contribution in [3.05, 3.63) is 47.0 Å². The van der Waals surface area contributed by atoms with E-state index < -0.39 is 17.3 Å². The van der Waals surface area contributed by atoms with Gasteiger partial charge in [0.2, 0.25) is 0 Å². The van der Waals surface area contributed by atoms with Crippen molar-refractivity contribution in [2.45, 2.75) is 19.3 Å². The molecule has 1 aromatic heterocycles. The van der Waals surface area contributed by atoms with Gasteiger partial charge >= 0.3 is 11.6 Å². The summed E-state index contributed by atoms with van der Waals surface area (Å²) in [7, 11) is 0. The van der Waals surface area contributed by atoms with Crippen molar-refractivity contribution in [1.82, 2.24) is 0 Å². The van der Waals surface area contributed by atoms with Crippen LogP contribution < -0.4 is 5.63 Å². The number of carbonyl (C=O) groups excluding carboxylic acids is 1. The molecule has 0 aliphatic rings. The van der Waals surface area contributed by atoms with Gasteiger partial charge in [-0.25, -0.2) is 4.79 Å². The molecule has 0 aliphatic heterocycles. The number of ether oxygens (including phenoxy) is 2. The van der Waals surface area contributed by atoms with Crippen LogP contribution >= 0.6 is 0 Å². The Labute approximate surface area is 137 Å². The summed E-state index contributed by atoms with van der Waals surface area (Å²) in [5.41, 5.74) is -0.212. The van der Waals surface area contributed by atoms with Gasteiger partial charge in [0.05, 0.1) is 25.9 Å². The molecule has 0 bridgehead atoms. The van der Waals surface area contributed by atoms with Crippen LogP contribution in [0.15, 0.2) is 40.3 Å². The number of hydrogen-bond acceptors (Lipinski definition) is 7. The monoisotopic (exact) mass is 334 g/mol. The number of rotatable bonds is 8. The molecule has 0 atom stereocenters. The van der Waals surface area contributed by atoms with E-state index in [0.717, 1.165) is 18.6 Å². The van der Waals surface area contributed by atoms with E-state index in [0.29, 0.717) is 24.0 Å². The molecular formula is C17H18O7.